The number of ether oxygens (including phenoxy) is 1. The molecular weight excluding hydrogens is 366 g/mol. The summed E-state index contributed by atoms with van der Waals surface area (Å²) in [4.78, 5) is 3.12. The van der Waals surface area contributed by atoms with E-state index < -0.39 is 20.9 Å². The van der Waals surface area contributed by atoms with Crippen molar-refractivity contribution in [3.8, 4) is 5.75 Å². The molecule has 134 valence electrons. The molecule has 0 aliphatic carbocycles. The summed E-state index contributed by atoms with van der Waals surface area (Å²) in [5, 5.41) is 0. The van der Waals surface area contributed by atoms with Gasteiger partial charge in [-0.25, -0.2) is 8.42 Å². The molecule has 3 aromatic carbocycles. The topological polar surface area (TPSA) is 55.4 Å². The number of nitrogens with one attached hydrogen (secondary N) is 1. The Labute approximate surface area is 157 Å². The summed E-state index contributed by atoms with van der Waals surface area (Å²) >= 11 is 0. The Morgan fingerprint density at radius 2 is 1.38 bits per heavy atom. The SMILES string of the molecule is COc1ccc([S+](c2ccccc2)c2ccccc2NS(C)(=O)=O)cc1. The van der Waals surface area contributed by atoms with Gasteiger partial charge in [-0.2, -0.15) is 0 Å². The van der Waals surface area contributed by atoms with Crippen LogP contribution in [0.4, 0.5) is 5.69 Å². The molecule has 0 saturated heterocycles. The number of hydrogen-bond acceptors (Lipinski definition) is 3. The molecule has 3 rings (SSSR count). The lowest BCUT2D eigenvalue weighted by Crippen LogP contribution is -2.14. The summed E-state index contributed by atoms with van der Waals surface area (Å²) in [6.07, 6.45) is 1.16. The molecule has 0 fully saturated rings. The summed E-state index contributed by atoms with van der Waals surface area (Å²) in [5.74, 6) is 0.785. The van der Waals surface area contributed by atoms with E-state index in [-0.39, 0.29) is 0 Å². The summed E-state index contributed by atoms with van der Waals surface area (Å²) in [5.41, 5.74) is 0.595. The van der Waals surface area contributed by atoms with Crippen molar-refractivity contribution in [2.24, 2.45) is 0 Å². The monoisotopic (exact) mass is 386 g/mol. The van der Waals surface area contributed by atoms with Crippen molar-refractivity contribution in [1.82, 2.24) is 0 Å². The van der Waals surface area contributed by atoms with E-state index in [0.29, 0.717) is 5.69 Å². The molecule has 3 aromatic rings. The van der Waals surface area contributed by atoms with Crippen molar-refractivity contribution in [2.45, 2.75) is 14.7 Å². The minimum Gasteiger partial charge on any atom is -0.497 e. The van der Waals surface area contributed by atoms with E-state index in [9.17, 15) is 8.42 Å². The van der Waals surface area contributed by atoms with E-state index in [4.69, 9.17) is 4.74 Å². The van der Waals surface area contributed by atoms with Crippen LogP contribution in [0.3, 0.4) is 0 Å². The van der Waals surface area contributed by atoms with E-state index in [1.165, 1.54) is 0 Å². The number of anilines is 1. The third-order valence-electron chi connectivity index (χ3n) is 3.68. The first-order valence-corrected chi connectivity index (χ1v) is 11.1. The van der Waals surface area contributed by atoms with E-state index in [1.807, 2.05) is 60.7 Å². The van der Waals surface area contributed by atoms with Crippen molar-refractivity contribution < 1.29 is 13.2 Å². The van der Waals surface area contributed by atoms with Gasteiger partial charge in [-0.15, -0.1) is 0 Å². The number of rotatable bonds is 6. The van der Waals surface area contributed by atoms with Crippen molar-refractivity contribution in [2.75, 3.05) is 18.1 Å². The van der Waals surface area contributed by atoms with Crippen LogP contribution in [0, 0.1) is 0 Å². The standard InChI is InChI=1S/C20H20NO3S2/c1-24-16-12-14-18(15-13-16)25(17-8-4-3-5-9-17)20-11-7-6-10-19(20)21-26(2,22)23/h3-15,21H,1-2H3/q+1. The molecule has 0 aromatic heterocycles. The first-order chi connectivity index (χ1) is 12.5. The van der Waals surface area contributed by atoms with Gasteiger partial charge in [0.25, 0.3) is 0 Å². The lowest BCUT2D eigenvalue weighted by molar-refractivity contribution is 0.414. The third kappa shape index (κ3) is 4.39. The quantitative estimate of drug-likeness (QED) is 0.647. The highest BCUT2D eigenvalue weighted by atomic mass is 32.2. The van der Waals surface area contributed by atoms with Gasteiger partial charge in [-0.05, 0) is 48.5 Å². The van der Waals surface area contributed by atoms with E-state index in [1.54, 1.807) is 13.2 Å². The second-order valence-electron chi connectivity index (χ2n) is 5.67. The van der Waals surface area contributed by atoms with Crippen LogP contribution >= 0.6 is 0 Å². The molecular formula is C20H20NO3S2+. The largest absolute Gasteiger partial charge is 0.497 e. The molecule has 0 aliphatic heterocycles. The fourth-order valence-corrected chi connectivity index (χ4v) is 5.40. The number of hydrogen-bond donors (Lipinski definition) is 1. The summed E-state index contributed by atoms with van der Waals surface area (Å²) in [7, 11) is -2.19. The molecule has 0 heterocycles. The predicted octanol–water partition coefficient (Wildman–Crippen LogP) is 4.16. The summed E-state index contributed by atoms with van der Waals surface area (Å²) < 4.78 is 31.5. The number of sulfonamides is 1. The van der Waals surface area contributed by atoms with Gasteiger partial charge in [-0.3, -0.25) is 4.72 Å². The Hall–Kier alpha value is -2.44. The highest BCUT2D eigenvalue weighted by Crippen LogP contribution is 2.36. The highest BCUT2D eigenvalue weighted by molar-refractivity contribution is 7.97. The van der Waals surface area contributed by atoms with Crippen LogP contribution in [0.25, 0.3) is 0 Å². The Balaban J connectivity index is 2.16. The average Bonchev–Trinajstić information content (AvgIpc) is 2.64. The fraction of sp³-hybridized carbons (Fsp3) is 0.100. The van der Waals surface area contributed by atoms with Crippen molar-refractivity contribution in [3.63, 3.8) is 0 Å². The zero-order chi connectivity index (χ0) is 18.6. The minimum absolute atomic E-state index is 0.454. The molecule has 26 heavy (non-hydrogen) atoms. The Morgan fingerprint density at radius 3 is 2.00 bits per heavy atom. The lowest BCUT2D eigenvalue weighted by Gasteiger charge is -2.13. The Bertz CT molecular complexity index is 971. The Kier molecular flexibility index (Phi) is 5.54. The summed E-state index contributed by atoms with van der Waals surface area (Å²) in [6.45, 7) is 0. The van der Waals surface area contributed by atoms with Gasteiger partial charge in [0.15, 0.2) is 14.7 Å². The van der Waals surface area contributed by atoms with Crippen LogP contribution < -0.4 is 9.46 Å². The maximum Gasteiger partial charge on any atom is 0.229 e. The molecule has 1 N–H and O–H groups in total. The molecule has 0 amide bonds. The zero-order valence-electron chi connectivity index (χ0n) is 14.5. The number of para-hydroxylation sites is 1. The molecule has 1 unspecified atom stereocenters. The molecule has 1 atom stereocenters. The average molecular weight is 387 g/mol. The zero-order valence-corrected chi connectivity index (χ0v) is 16.2. The smallest absolute Gasteiger partial charge is 0.229 e. The fourth-order valence-electron chi connectivity index (χ4n) is 2.59. The van der Waals surface area contributed by atoms with Gasteiger partial charge in [0.2, 0.25) is 10.0 Å². The van der Waals surface area contributed by atoms with Gasteiger partial charge in [0.05, 0.1) is 13.4 Å². The van der Waals surface area contributed by atoms with Crippen LogP contribution in [0.2, 0.25) is 0 Å². The van der Waals surface area contributed by atoms with Crippen LogP contribution in [-0.2, 0) is 20.9 Å². The van der Waals surface area contributed by atoms with E-state index in [0.717, 1.165) is 26.7 Å². The van der Waals surface area contributed by atoms with Crippen molar-refractivity contribution in [3.05, 3.63) is 78.9 Å². The third-order valence-corrected chi connectivity index (χ3v) is 6.55. The normalized spacial score (nSPS) is 12.4. The second-order valence-corrected chi connectivity index (χ2v) is 9.41. The molecule has 6 heteroatoms. The van der Waals surface area contributed by atoms with Gasteiger partial charge in [-0.1, -0.05) is 30.3 Å². The maximum atomic E-state index is 11.8. The number of benzene rings is 3. The van der Waals surface area contributed by atoms with E-state index >= 15 is 0 Å². The Morgan fingerprint density at radius 1 is 0.808 bits per heavy atom. The molecule has 0 spiro atoms. The van der Waals surface area contributed by atoms with Gasteiger partial charge < -0.3 is 4.74 Å². The van der Waals surface area contributed by atoms with Gasteiger partial charge >= 0.3 is 0 Å². The maximum absolute atomic E-state index is 11.8. The highest BCUT2D eigenvalue weighted by Gasteiger charge is 2.31. The molecule has 0 bridgehead atoms. The van der Waals surface area contributed by atoms with Crippen LogP contribution in [-0.4, -0.2) is 21.8 Å². The number of methoxy groups -OCH3 is 1. The van der Waals surface area contributed by atoms with Crippen LogP contribution in [0.15, 0.2) is 93.5 Å². The van der Waals surface area contributed by atoms with Crippen molar-refractivity contribution in [1.29, 1.82) is 0 Å². The molecule has 0 aliphatic rings. The molecule has 0 radical (unpaired) electrons. The lowest BCUT2D eigenvalue weighted by atomic mass is 10.3. The predicted molar refractivity (Wildman–Crippen MR) is 107 cm³/mol. The first-order valence-electron chi connectivity index (χ1n) is 7.98. The first kappa shape index (κ1) is 18.4. The van der Waals surface area contributed by atoms with Gasteiger partial charge in [0.1, 0.15) is 22.3 Å². The minimum atomic E-state index is -3.37. The summed E-state index contributed by atoms with van der Waals surface area (Å²) in [6, 6.07) is 25.5. The molecule has 0 saturated carbocycles. The second kappa shape index (κ2) is 7.85. The van der Waals surface area contributed by atoms with Gasteiger partial charge in [0, 0.05) is 0 Å². The van der Waals surface area contributed by atoms with E-state index in [2.05, 4.69) is 16.9 Å². The van der Waals surface area contributed by atoms with Crippen molar-refractivity contribution >= 4 is 26.6 Å². The van der Waals surface area contributed by atoms with Crippen LogP contribution in [0.5, 0.6) is 5.75 Å². The molecule has 4 nitrogen and oxygen atoms in total. The van der Waals surface area contributed by atoms with Crippen LogP contribution in [0.1, 0.15) is 0 Å².